The largest absolute Gasteiger partial charge is 0.378 e. The van der Waals surface area contributed by atoms with Crippen molar-refractivity contribution < 1.29 is 14.3 Å². The van der Waals surface area contributed by atoms with Gasteiger partial charge in [0, 0.05) is 25.0 Å². The predicted octanol–water partition coefficient (Wildman–Crippen LogP) is 2.85. The molecule has 0 spiro atoms. The quantitative estimate of drug-likeness (QED) is 0.664. The van der Waals surface area contributed by atoms with Crippen LogP contribution in [0.25, 0.3) is 0 Å². The van der Waals surface area contributed by atoms with Crippen LogP contribution in [0.15, 0.2) is 0 Å². The molecular weight excluding hydrogens is 242 g/mol. The standard InChI is InChI=1S/C15H29NO3/c1-6-7-14(18)16-15(4,5)10-11-19-13(3)9-8-12(2)17/h13H,6-11H2,1-5H3,(H,16,18). The van der Waals surface area contributed by atoms with Crippen LogP contribution in [0.3, 0.4) is 0 Å². The van der Waals surface area contributed by atoms with Crippen molar-refractivity contribution in [2.24, 2.45) is 0 Å². The lowest BCUT2D eigenvalue weighted by Gasteiger charge is -2.27. The molecule has 0 aromatic rings. The van der Waals surface area contributed by atoms with E-state index in [1.54, 1.807) is 6.92 Å². The normalized spacial score (nSPS) is 13.1. The van der Waals surface area contributed by atoms with Gasteiger partial charge in [-0.05, 0) is 47.0 Å². The number of Topliss-reactive ketones (excluding diaryl/α,β-unsaturated/α-hetero) is 1. The van der Waals surface area contributed by atoms with E-state index in [0.717, 1.165) is 19.3 Å². The second kappa shape index (κ2) is 9.08. The first-order chi connectivity index (χ1) is 8.76. The molecule has 0 saturated carbocycles. The van der Waals surface area contributed by atoms with Crippen LogP contribution in [0.2, 0.25) is 0 Å². The van der Waals surface area contributed by atoms with E-state index in [1.165, 1.54) is 0 Å². The maximum Gasteiger partial charge on any atom is 0.220 e. The highest BCUT2D eigenvalue weighted by Gasteiger charge is 2.20. The topological polar surface area (TPSA) is 55.4 Å². The zero-order valence-corrected chi connectivity index (χ0v) is 13.0. The molecule has 0 heterocycles. The smallest absolute Gasteiger partial charge is 0.220 e. The summed E-state index contributed by atoms with van der Waals surface area (Å²) in [4.78, 5) is 22.4. The van der Waals surface area contributed by atoms with Gasteiger partial charge < -0.3 is 14.8 Å². The lowest BCUT2D eigenvalue weighted by atomic mass is 10.0. The van der Waals surface area contributed by atoms with Crippen molar-refractivity contribution in [3.8, 4) is 0 Å². The molecule has 1 N–H and O–H groups in total. The Kier molecular flexibility index (Phi) is 8.65. The molecule has 1 amide bonds. The number of ketones is 1. The number of rotatable bonds is 10. The Labute approximate surface area is 117 Å². The van der Waals surface area contributed by atoms with E-state index in [2.05, 4.69) is 5.32 Å². The summed E-state index contributed by atoms with van der Waals surface area (Å²) in [6, 6.07) is 0. The van der Waals surface area contributed by atoms with Gasteiger partial charge in [-0.25, -0.2) is 0 Å². The van der Waals surface area contributed by atoms with E-state index in [-0.39, 0.29) is 23.3 Å². The van der Waals surface area contributed by atoms with Crippen molar-refractivity contribution in [1.82, 2.24) is 5.32 Å². The monoisotopic (exact) mass is 271 g/mol. The van der Waals surface area contributed by atoms with Gasteiger partial charge in [0.1, 0.15) is 5.78 Å². The minimum absolute atomic E-state index is 0.0889. The van der Waals surface area contributed by atoms with Crippen LogP contribution < -0.4 is 5.32 Å². The molecule has 0 aromatic heterocycles. The zero-order chi connectivity index (χ0) is 14.9. The Morgan fingerprint density at radius 1 is 1.26 bits per heavy atom. The molecule has 19 heavy (non-hydrogen) atoms. The van der Waals surface area contributed by atoms with Crippen molar-refractivity contribution in [1.29, 1.82) is 0 Å². The van der Waals surface area contributed by atoms with Crippen LogP contribution in [-0.4, -0.2) is 29.9 Å². The number of nitrogens with one attached hydrogen (secondary N) is 1. The number of carbonyl (C=O) groups excluding carboxylic acids is 2. The molecule has 1 atom stereocenters. The molecule has 4 heteroatoms. The average Bonchev–Trinajstić information content (AvgIpc) is 2.25. The van der Waals surface area contributed by atoms with Crippen LogP contribution in [0.4, 0.5) is 0 Å². The summed E-state index contributed by atoms with van der Waals surface area (Å²) in [5.74, 6) is 0.291. The summed E-state index contributed by atoms with van der Waals surface area (Å²) in [7, 11) is 0. The fourth-order valence-electron chi connectivity index (χ4n) is 1.73. The molecule has 0 radical (unpaired) electrons. The van der Waals surface area contributed by atoms with Crippen molar-refractivity contribution in [2.45, 2.75) is 78.4 Å². The van der Waals surface area contributed by atoms with Crippen molar-refractivity contribution in [2.75, 3.05) is 6.61 Å². The number of carbonyl (C=O) groups is 2. The minimum atomic E-state index is -0.244. The number of ether oxygens (including phenoxy) is 1. The fraction of sp³-hybridized carbons (Fsp3) is 0.867. The lowest BCUT2D eigenvalue weighted by molar-refractivity contribution is -0.123. The lowest BCUT2D eigenvalue weighted by Crippen LogP contribution is -2.44. The van der Waals surface area contributed by atoms with Gasteiger partial charge in [-0.1, -0.05) is 6.92 Å². The average molecular weight is 271 g/mol. The van der Waals surface area contributed by atoms with Gasteiger partial charge in [-0.3, -0.25) is 4.79 Å². The third-order valence-corrected chi connectivity index (χ3v) is 2.99. The molecule has 0 fully saturated rings. The Hall–Kier alpha value is -0.900. The van der Waals surface area contributed by atoms with Gasteiger partial charge in [-0.15, -0.1) is 0 Å². The van der Waals surface area contributed by atoms with Crippen molar-refractivity contribution in [3.05, 3.63) is 0 Å². The third kappa shape index (κ3) is 10.7. The van der Waals surface area contributed by atoms with Gasteiger partial charge in [0.15, 0.2) is 0 Å². The molecular formula is C15H29NO3. The van der Waals surface area contributed by atoms with E-state index < -0.39 is 0 Å². The van der Waals surface area contributed by atoms with E-state index in [1.807, 2.05) is 27.7 Å². The van der Waals surface area contributed by atoms with Crippen LogP contribution in [0.5, 0.6) is 0 Å². The first-order valence-electron chi connectivity index (χ1n) is 7.19. The van der Waals surface area contributed by atoms with E-state index in [4.69, 9.17) is 4.74 Å². The molecule has 0 aliphatic carbocycles. The maximum absolute atomic E-state index is 11.5. The third-order valence-electron chi connectivity index (χ3n) is 2.99. The number of amides is 1. The summed E-state index contributed by atoms with van der Waals surface area (Å²) in [5, 5.41) is 3.01. The summed E-state index contributed by atoms with van der Waals surface area (Å²) in [6.45, 7) is 10.2. The second-order valence-electron chi connectivity index (χ2n) is 5.85. The molecule has 4 nitrogen and oxygen atoms in total. The van der Waals surface area contributed by atoms with E-state index in [0.29, 0.717) is 19.4 Å². The highest BCUT2D eigenvalue weighted by molar-refractivity contribution is 5.76. The van der Waals surface area contributed by atoms with Gasteiger partial charge in [0.2, 0.25) is 5.91 Å². The Morgan fingerprint density at radius 2 is 1.89 bits per heavy atom. The first kappa shape index (κ1) is 18.1. The molecule has 0 aromatic carbocycles. The minimum Gasteiger partial charge on any atom is -0.378 e. The predicted molar refractivity (Wildman–Crippen MR) is 77.1 cm³/mol. The molecule has 1 unspecified atom stereocenters. The van der Waals surface area contributed by atoms with Gasteiger partial charge >= 0.3 is 0 Å². The second-order valence-corrected chi connectivity index (χ2v) is 5.85. The van der Waals surface area contributed by atoms with Gasteiger partial charge in [0.05, 0.1) is 6.10 Å². The highest BCUT2D eigenvalue weighted by Crippen LogP contribution is 2.11. The summed E-state index contributed by atoms with van der Waals surface area (Å²) in [5.41, 5.74) is -0.244. The summed E-state index contributed by atoms with van der Waals surface area (Å²) in [6.07, 6.45) is 3.62. The van der Waals surface area contributed by atoms with Gasteiger partial charge in [-0.2, -0.15) is 0 Å². The fourth-order valence-corrected chi connectivity index (χ4v) is 1.73. The van der Waals surface area contributed by atoms with Crippen LogP contribution in [0.1, 0.15) is 66.7 Å². The van der Waals surface area contributed by atoms with E-state index in [9.17, 15) is 9.59 Å². The molecule has 0 bridgehead atoms. The zero-order valence-electron chi connectivity index (χ0n) is 13.0. The van der Waals surface area contributed by atoms with Crippen LogP contribution in [0, 0.1) is 0 Å². The van der Waals surface area contributed by atoms with Crippen molar-refractivity contribution >= 4 is 11.7 Å². The Morgan fingerprint density at radius 3 is 2.42 bits per heavy atom. The maximum atomic E-state index is 11.5. The number of hydrogen-bond donors (Lipinski definition) is 1. The van der Waals surface area contributed by atoms with E-state index >= 15 is 0 Å². The molecule has 0 saturated heterocycles. The summed E-state index contributed by atoms with van der Waals surface area (Å²) < 4.78 is 5.67. The van der Waals surface area contributed by atoms with Gasteiger partial charge in [0.25, 0.3) is 0 Å². The van der Waals surface area contributed by atoms with Crippen molar-refractivity contribution in [3.63, 3.8) is 0 Å². The Balaban J connectivity index is 3.84. The Bertz CT molecular complexity index is 287. The molecule has 0 aliphatic rings. The molecule has 0 rings (SSSR count). The van der Waals surface area contributed by atoms with Crippen LogP contribution in [-0.2, 0) is 14.3 Å². The number of hydrogen-bond acceptors (Lipinski definition) is 3. The molecule has 112 valence electrons. The van der Waals surface area contributed by atoms with Crippen LogP contribution >= 0.6 is 0 Å². The highest BCUT2D eigenvalue weighted by atomic mass is 16.5. The molecule has 0 aliphatic heterocycles. The summed E-state index contributed by atoms with van der Waals surface area (Å²) >= 11 is 0. The SMILES string of the molecule is CCCC(=O)NC(C)(C)CCOC(C)CCC(C)=O. The first-order valence-corrected chi connectivity index (χ1v) is 7.19.